The van der Waals surface area contributed by atoms with Crippen LogP contribution in [-0.4, -0.2) is 20.8 Å². The van der Waals surface area contributed by atoms with Crippen LogP contribution in [0.15, 0.2) is 35.5 Å². The molecule has 3 rings (SSSR count). The highest BCUT2D eigenvalue weighted by Crippen LogP contribution is 2.42. The molecule has 9 nitrogen and oxygen atoms in total. The number of nitro groups is 2. The van der Waals surface area contributed by atoms with Gasteiger partial charge < -0.3 is 5.21 Å². The largest absolute Gasteiger partial charge is 0.410 e. The van der Waals surface area contributed by atoms with Crippen LogP contribution in [0.25, 0.3) is 11.1 Å². The van der Waals surface area contributed by atoms with E-state index in [0.717, 1.165) is 6.07 Å². The van der Waals surface area contributed by atoms with Gasteiger partial charge in [0, 0.05) is 41.0 Å². The first-order valence-electron chi connectivity index (χ1n) is 6.22. The van der Waals surface area contributed by atoms with Crippen LogP contribution in [0.4, 0.5) is 11.4 Å². The second kappa shape index (κ2) is 4.88. The maximum Gasteiger partial charge on any atom is 0.271 e. The molecule has 0 aliphatic heterocycles. The smallest absolute Gasteiger partial charge is 0.271 e. The molecule has 0 radical (unpaired) electrons. The quantitative estimate of drug-likeness (QED) is 0.437. The Morgan fingerprint density at radius 2 is 1.65 bits per heavy atom. The lowest BCUT2D eigenvalue weighted by Crippen LogP contribution is -2.00. The lowest BCUT2D eigenvalue weighted by molar-refractivity contribution is -0.385. The highest BCUT2D eigenvalue weighted by Gasteiger charge is 2.32. The first-order valence-corrected chi connectivity index (χ1v) is 6.22. The number of oxime groups is 1. The maximum absolute atomic E-state index is 11.0. The second-order valence-electron chi connectivity index (χ2n) is 4.72. The van der Waals surface area contributed by atoms with Crippen molar-refractivity contribution in [2.75, 3.05) is 0 Å². The summed E-state index contributed by atoms with van der Waals surface area (Å²) in [6, 6.07) is 8.05. The van der Waals surface area contributed by atoms with Gasteiger partial charge in [0.2, 0.25) is 0 Å². The zero-order valence-electron chi connectivity index (χ0n) is 11.3. The molecule has 1 aliphatic carbocycles. The molecule has 0 fully saturated rings. The monoisotopic (exact) mass is 310 g/mol. The Bertz CT molecular complexity index is 958. The van der Waals surface area contributed by atoms with Crippen molar-refractivity contribution in [1.82, 2.24) is 0 Å². The summed E-state index contributed by atoms with van der Waals surface area (Å²) in [6.07, 6.45) is 0. The van der Waals surface area contributed by atoms with Crippen molar-refractivity contribution in [3.8, 4) is 17.2 Å². The van der Waals surface area contributed by atoms with E-state index in [2.05, 4.69) is 5.16 Å². The minimum atomic E-state index is -0.665. The first-order chi connectivity index (χ1) is 11.0. The maximum atomic E-state index is 11.0. The zero-order chi connectivity index (χ0) is 16.7. The molecule has 2 aromatic rings. The number of hydrogen-bond acceptors (Lipinski definition) is 7. The summed E-state index contributed by atoms with van der Waals surface area (Å²) in [5.41, 5.74) is 0.680. The number of hydrogen-bond donors (Lipinski definition) is 1. The summed E-state index contributed by atoms with van der Waals surface area (Å²) in [4.78, 5) is 20.6. The van der Waals surface area contributed by atoms with Gasteiger partial charge in [-0.25, -0.2) is 0 Å². The molecule has 0 unspecified atom stereocenters. The van der Waals surface area contributed by atoms with Crippen molar-refractivity contribution >= 4 is 17.1 Å². The highest BCUT2D eigenvalue weighted by atomic mass is 16.6. The molecule has 9 heteroatoms. The molecular formula is C14H6N4O5. The van der Waals surface area contributed by atoms with Crippen LogP contribution in [0.3, 0.4) is 0 Å². The van der Waals surface area contributed by atoms with Gasteiger partial charge in [-0.15, -0.1) is 0 Å². The van der Waals surface area contributed by atoms with Gasteiger partial charge in [-0.05, 0) is 11.6 Å². The van der Waals surface area contributed by atoms with E-state index in [1.54, 1.807) is 0 Å². The van der Waals surface area contributed by atoms with Gasteiger partial charge in [-0.2, -0.15) is 5.26 Å². The molecule has 0 atom stereocenters. The number of rotatable bonds is 2. The molecule has 23 heavy (non-hydrogen) atoms. The molecule has 0 bridgehead atoms. The molecule has 112 valence electrons. The van der Waals surface area contributed by atoms with Gasteiger partial charge in [0.15, 0.2) is 0 Å². The third-order valence-electron chi connectivity index (χ3n) is 3.55. The summed E-state index contributed by atoms with van der Waals surface area (Å²) in [6.45, 7) is 0. The number of nitrogens with zero attached hydrogens (tertiary/aromatic N) is 4. The van der Waals surface area contributed by atoms with Crippen LogP contribution < -0.4 is 0 Å². The summed E-state index contributed by atoms with van der Waals surface area (Å²) in [5, 5.41) is 43.5. The topological polar surface area (TPSA) is 143 Å². The number of nitriles is 1. The number of benzene rings is 2. The minimum Gasteiger partial charge on any atom is -0.410 e. The summed E-state index contributed by atoms with van der Waals surface area (Å²) >= 11 is 0. The fourth-order valence-corrected chi connectivity index (χ4v) is 2.61. The van der Waals surface area contributed by atoms with Crippen LogP contribution in [0.5, 0.6) is 0 Å². The standard InChI is InChI=1S/C14H6N4O5/c15-6-7-3-9(18(22)23)5-12-13(7)10-2-1-8(17(20)21)4-11(10)14(12)16-19/h1-5,19H/b16-14+. The molecule has 0 spiro atoms. The molecule has 0 heterocycles. The summed E-state index contributed by atoms with van der Waals surface area (Å²) < 4.78 is 0. The van der Waals surface area contributed by atoms with E-state index in [1.807, 2.05) is 6.07 Å². The minimum absolute atomic E-state index is 0.0305. The fourth-order valence-electron chi connectivity index (χ4n) is 2.61. The normalized spacial score (nSPS) is 13.3. The predicted octanol–water partition coefficient (Wildman–Crippen LogP) is 2.58. The lowest BCUT2D eigenvalue weighted by Gasteiger charge is -2.03. The molecule has 0 amide bonds. The van der Waals surface area contributed by atoms with E-state index in [0.29, 0.717) is 11.1 Å². The number of non-ortho nitro benzene ring substituents is 2. The third-order valence-corrected chi connectivity index (χ3v) is 3.55. The molecular weight excluding hydrogens is 304 g/mol. The van der Waals surface area contributed by atoms with Crippen molar-refractivity contribution in [3.63, 3.8) is 0 Å². The number of fused-ring (bicyclic) bond motifs is 3. The molecule has 2 aromatic carbocycles. The molecule has 0 saturated heterocycles. The average Bonchev–Trinajstić information content (AvgIpc) is 2.86. The van der Waals surface area contributed by atoms with Crippen LogP contribution in [0.1, 0.15) is 16.7 Å². The van der Waals surface area contributed by atoms with Gasteiger partial charge in [0.25, 0.3) is 11.4 Å². The lowest BCUT2D eigenvalue weighted by atomic mass is 9.99. The van der Waals surface area contributed by atoms with Gasteiger partial charge in [0.05, 0.1) is 15.4 Å². The molecule has 0 aromatic heterocycles. The van der Waals surface area contributed by atoms with Crippen LogP contribution in [0.2, 0.25) is 0 Å². The van der Waals surface area contributed by atoms with Gasteiger partial charge >= 0.3 is 0 Å². The molecule has 1 N–H and O–H groups in total. The molecule has 1 aliphatic rings. The number of nitro benzene ring substituents is 2. The Labute approximate surface area is 128 Å². The fraction of sp³-hybridized carbons (Fsp3) is 0. The van der Waals surface area contributed by atoms with Crippen molar-refractivity contribution in [3.05, 3.63) is 67.3 Å². The third kappa shape index (κ3) is 1.97. The van der Waals surface area contributed by atoms with Gasteiger partial charge in [0.1, 0.15) is 11.8 Å². The van der Waals surface area contributed by atoms with E-state index >= 15 is 0 Å². The van der Waals surface area contributed by atoms with Crippen molar-refractivity contribution in [2.45, 2.75) is 0 Å². The van der Waals surface area contributed by atoms with E-state index in [9.17, 15) is 30.7 Å². The van der Waals surface area contributed by atoms with Crippen molar-refractivity contribution < 1.29 is 15.1 Å². The second-order valence-corrected chi connectivity index (χ2v) is 4.72. The van der Waals surface area contributed by atoms with E-state index in [-0.39, 0.29) is 33.8 Å². The van der Waals surface area contributed by atoms with Crippen LogP contribution in [0, 0.1) is 31.6 Å². The Hall–Kier alpha value is -3.80. The van der Waals surface area contributed by atoms with Crippen molar-refractivity contribution in [2.24, 2.45) is 5.16 Å². The van der Waals surface area contributed by atoms with Crippen LogP contribution in [-0.2, 0) is 0 Å². The van der Waals surface area contributed by atoms with E-state index < -0.39 is 9.85 Å². The van der Waals surface area contributed by atoms with Gasteiger partial charge in [-0.3, -0.25) is 20.2 Å². The first kappa shape index (κ1) is 14.2. The van der Waals surface area contributed by atoms with Crippen molar-refractivity contribution in [1.29, 1.82) is 5.26 Å². The average molecular weight is 310 g/mol. The van der Waals surface area contributed by atoms with E-state index in [4.69, 9.17) is 0 Å². The zero-order valence-corrected chi connectivity index (χ0v) is 11.3. The Morgan fingerprint density at radius 3 is 2.22 bits per heavy atom. The Morgan fingerprint density at radius 1 is 1.00 bits per heavy atom. The molecule has 0 saturated carbocycles. The highest BCUT2D eigenvalue weighted by molar-refractivity contribution is 6.25. The Kier molecular flexibility index (Phi) is 3.01. The summed E-state index contributed by atoms with van der Waals surface area (Å²) in [5.74, 6) is 0. The van der Waals surface area contributed by atoms with E-state index in [1.165, 1.54) is 24.3 Å². The predicted molar refractivity (Wildman–Crippen MR) is 77.3 cm³/mol. The van der Waals surface area contributed by atoms with Gasteiger partial charge in [-0.1, -0.05) is 5.16 Å². The van der Waals surface area contributed by atoms with Crippen LogP contribution >= 0.6 is 0 Å². The Balaban J connectivity index is 2.37. The SMILES string of the molecule is N#Cc1cc([N+](=O)[O-])cc2c1-c1ccc([N+](=O)[O-])cc1/C2=N\O. The summed E-state index contributed by atoms with van der Waals surface area (Å²) in [7, 11) is 0.